The molecule has 1 N–H and O–H groups in total. The van der Waals surface area contributed by atoms with Crippen LogP contribution < -0.4 is 0 Å². The number of rotatable bonds is 3. The van der Waals surface area contributed by atoms with Gasteiger partial charge in [-0.25, -0.2) is 4.79 Å². The minimum Gasteiger partial charge on any atom is -0.458 e. The van der Waals surface area contributed by atoms with Gasteiger partial charge in [0.1, 0.15) is 6.10 Å². The van der Waals surface area contributed by atoms with Crippen molar-refractivity contribution in [2.75, 3.05) is 0 Å². The maximum Gasteiger partial charge on any atom is 0.338 e. The van der Waals surface area contributed by atoms with Gasteiger partial charge in [0.25, 0.3) is 0 Å². The molecule has 0 spiro atoms. The van der Waals surface area contributed by atoms with Crippen LogP contribution >= 0.6 is 0 Å². The second kappa shape index (κ2) is 5.69. The Morgan fingerprint density at radius 3 is 2.71 bits per heavy atom. The van der Waals surface area contributed by atoms with Crippen molar-refractivity contribution < 1.29 is 14.6 Å². The molecule has 5 nitrogen and oxygen atoms in total. The number of nitrogens with zero attached hydrogens (tertiary/aromatic N) is 2. The van der Waals surface area contributed by atoms with Gasteiger partial charge < -0.3 is 9.84 Å². The number of esters is 1. The Labute approximate surface area is 123 Å². The van der Waals surface area contributed by atoms with Gasteiger partial charge in [0.15, 0.2) is 0 Å². The average Bonchev–Trinajstić information content (AvgIpc) is 3.05. The van der Waals surface area contributed by atoms with Gasteiger partial charge in [0, 0.05) is 31.3 Å². The number of benzene rings is 1. The lowest BCUT2D eigenvalue weighted by atomic mass is 10.0. The molecule has 3 rings (SSSR count). The molecule has 2 aromatic rings. The number of hydrogen-bond donors (Lipinski definition) is 1. The molecule has 1 saturated carbocycles. The van der Waals surface area contributed by atoms with Crippen molar-refractivity contribution in [2.45, 2.75) is 31.0 Å². The van der Waals surface area contributed by atoms with E-state index in [-0.39, 0.29) is 18.0 Å². The second-order valence-electron chi connectivity index (χ2n) is 5.42. The van der Waals surface area contributed by atoms with E-state index in [0.717, 1.165) is 5.69 Å². The van der Waals surface area contributed by atoms with Gasteiger partial charge in [-0.1, -0.05) is 18.2 Å². The van der Waals surface area contributed by atoms with Crippen LogP contribution in [-0.2, 0) is 11.8 Å². The van der Waals surface area contributed by atoms with Gasteiger partial charge in [-0.05, 0) is 24.6 Å². The standard InChI is InChI=1S/C16H18N2O3/c1-18-14(7-8-17-18)13-9-12(19)10-15(13)21-16(20)11-5-3-2-4-6-11/h2-8,12-13,15,19H,9-10H2,1H3/t12-,13+,15-/m0/s1. The lowest BCUT2D eigenvalue weighted by molar-refractivity contribution is 0.0248. The van der Waals surface area contributed by atoms with E-state index in [1.165, 1.54) is 0 Å². The van der Waals surface area contributed by atoms with Crippen LogP contribution in [0.4, 0.5) is 0 Å². The number of aromatic nitrogens is 2. The minimum absolute atomic E-state index is 0.0137. The van der Waals surface area contributed by atoms with Crippen molar-refractivity contribution in [3.05, 3.63) is 53.9 Å². The van der Waals surface area contributed by atoms with Crippen LogP contribution in [-0.4, -0.2) is 33.1 Å². The normalized spacial score (nSPS) is 25.0. The molecule has 0 aliphatic heterocycles. The van der Waals surface area contributed by atoms with Gasteiger partial charge >= 0.3 is 5.97 Å². The molecule has 1 fully saturated rings. The largest absolute Gasteiger partial charge is 0.458 e. The number of carbonyl (C=O) groups excluding carboxylic acids is 1. The minimum atomic E-state index is -0.446. The summed E-state index contributed by atoms with van der Waals surface area (Å²) in [6, 6.07) is 10.8. The van der Waals surface area contributed by atoms with Gasteiger partial charge in [-0.2, -0.15) is 5.10 Å². The maximum atomic E-state index is 12.2. The number of aliphatic hydroxyl groups excluding tert-OH is 1. The molecule has 0 amide bonds. The number of hydrogen-bond acceptors (Lipinski definition) is 4. The van der Waals surface area contributed by atoms with Crippen LogP contribution in [0.5, 0.6) is 0 Å². The Morgan fingerprint density at radius 2 is 2.05 bits per heavy atom. The highest BCUT2D eigenvalue weighted by molar-refractivity contribution is 5.89. The molecule has 1 aliphatic carbocycles. The third-order valence-electron chi connectivity index (χ3n) is 3.99. The number of aliphatic hydroxyl groups is 1. The molecule has 1 aromatic carbocycles. The Kier molecular flexibility index (Phi) is 3.75. The van der Waals surface area contributed by atoms with E-state index in [1.807, 2.05) is 19.2 Å². The topological polar surface area (TPSA) is 64.3 Å². The highest BCUT2D eigenvalue weighted by Crippen LogP contribution is 2.37. The molecule has 5 heteroatoms. The molecule has 0 saturated heterocycles. The van der Waals surface area contributed by atoms with E-state index in [0.29, 0.717) is 18.4 Å². The van der Waals surface area contributed by atoms with E-state index in [2.05, 4.69) is 5.10 Å². The summed E-state index contributed by atoms with van der Waals surface area (Å²) in [6.07, 6.45) is 2.01. The molecule has 0 unspecified atom stereocenters. The first-order valence-electron chi connectivity index (χ1n) is 7.07. The molecule has 1 aliphatic rings. The van der Waals surface area contributed by atoms with Crippen molar-refractivity contribution in [2.24, 2.45) is 7.05 Å². The molecule has 1 heterocycles. The fraction of sp³-hybridized carbons (Fsp3) is 0.375. The zero-order valence-electron chi connectivity index (χ0n) is 11.8. The van der Waals surface area contributed by atoms with Crippen LogP contribution in [0.15, 0.2) is 42.6 Å². The summed E-state index contributed by atoms with van der Waals surface area (Å²) in [5.74, 6) is -0.359. The lowest BCUT2D eigenvalue weighted by Crippen LogP contribution is -2.22. The van der Waals surface area contributed by atoms with Crippen molar-refractivity contribution in [1.82, 2.24) is 9.78 Å². The van der Waals surface area contributed by atoms with Gasteiger partial charge in [-0.15, -0.1) is 0 Å². The van der Waals surface area contributed by atoms with Crippen LogP contribution in [0.3, 0.4) is 0 Å². The summed E-state index contributed by atoms with van der Waals surface area (Å²) in [4.78, 5) is 12.2. The lowest BCUT2D eigenvalue weighted by Gasteiger charge is -2.20. The fourth-order valence-electron chi connectivity index (χ4n) is 2.94. The maximum absolute atomic E-state index is 12.2. The molecule has 110 valence electrons. The van der Waals surface area contributed by atoms with Crippen molar-refractivity contribution in [3.63, 3.8) is 0 Å². The van der Waals surface area contributed by atoms with E-state index in [1.54, 1.807) is 35.1 Å². The monoisotopic (exact) mass is 286 g/mol. The van der Waals surface area contributed by atoms with Gasteiger partial charge in [-0.3, -0.25) is 4.68 Å². The van der Waals surface area contributed by atoms with Crippen LogP contribution in [0.1, 0.15) is 34.8 Å². The Hall–Kier alpha value is -2.14. The molecular formula is C16H18N2O3. The molecule has 0 radical (unpaired) electrons. The highest BCUT2D eigenvalue weighted by Gasteiger charge is 2.38. The fourth-order valence-corrected chi connectivity index (χ4v) is 2.94. The van der Waals surface area contributed by atoms with E-state index in [9.17, 15) is 9.90 Å². The predicted octanol–water partition coefficient (Wildman–Crippen LogP) is 1.88. The zero-order valence-corrected chi connectivity index (χ0v) is 11.8. The SMILES string of the molecule is Cn1nccc1[C@H]1C[C@H](O)C[C@@H]1OC(=O)c1ccccc1. The molecular weight excluding hydrogens is 268 g/mol. The smallest absolute Gasteiger partial charge is 0.338 e. The molecule has 0 bridgehead atoms. The third kappa shape index (κ3) is 2.83. The van der Waals surface area contributed by atoms with Crippen molar-refractivity contribution in [3.8, 4) is 0 Å². The van der Waals surface area contributed by atoms with Gasteiger partial charge in [0.05, 0.1) is 11.7 Å². The third-order valence-corrected chi connectivity index (χ3v) is 3.99. The molecule has 3 atom stereocenters. The summed E-state index contributed by atoms with van der Waals surface area (Å²) in [5, 5.41) is 14.1. The summed E-state index contributed by atoms with van der Waals surface area (Å²) in [7, 11) is 1.86. The Balaban J connectivity index is 1.77. The van der Waals surface area contributed by atoms with Crippen LogP contribution in [0.25, 0.3) is 0 Å². The first kappa shape index (κ1) is 13.8. The van der Waals surface area contributed by atoms with E-state index < -0.39 is 6.10 Å². The summed E-state index contributed by atoms with van der Waals surface area (Å²) in [6.45, 7) is 0. The average molecular weight is 286 g/mol. The van der Waals surface area contributed by atoms with Gasteiger partial charge in [0.2, 0.25) is 0 Å². The van der Waals surface area contributed by atoms with E-state index in [4.69, 9.17) is 4.74 Å². The number of aryl methyl sites for hydroxylation is 1. The zero-order chi connectivity index (χ0) is 14.8. The number of carbonyl (C=O) groups is 1. The summed E-state index contributed by atoms with van der Waals surface area (Å²) >= 11 is 0. The van der Waals surface area contributed by atoms with Crippen molar-refractivity contribution >= 4 is 5.97 Å². The van der Waals surface area contributed by atoms with Crippen LogP contribution in [0, 0.1) is 0 Å². The van der Waals surface area contributed by atoms with Crippen molar-refractivity contribution in [1.29, 1.82) is 0 Å². The molecule has 1 aromatic heterocycles. The highest BCUT2D eigenvalue weighted by atomic mass is 16.5. The second-order valence-corrected chi connectivity index (χ2v) is 5.42. The molecule has 21 heavy (non-hydrogen) atoms. The Morgan fingerprint density at radius 1 is 1.29 bits per heavy atom. The summed E-state index contributed by atoms with van der Waals surface area (Å²) in [5.41, 5.74) is 1.51. The first-order valence-corrected chi connectivity index (χ1v) is 7.07. The Bertz CT molecular complexity index is 623. The predicted molar refractivity (Wildman–Crippen MR) is 76.8 cm³/mol. The van der Waals surface area contributed by atoms with Crippen LogP contribution in [0.2, 0.25) is 0 Å². The first-order chi connectivity index (χ1) is 10.1. The number of ether oxygens (including phenoxy) is 1. The summed E-state index contributed by atoms with van der Waals surface area (Å²) < 4.78 is 7.39. The van der Waals surface area contributed by atoms with E-state index >= 15 is 0 Å². The quantitative estimate of drug-likeness (QED) is 0.875.